The number of carbonyl (C=O) groups excluding carboxylic acids is 1. The van der Waals surface area contributed by atoms with E-state index in [-0.39, 0.29) is 17.3 Å². The molecule has 4 rings (SSSR count). The van der Waals surface area contributed by atoms with Gasteiger partial charge in [0.2, 0.25) is 15.9 Å². The first kappa shape index (κ1) is 22.4. The van der Waals surface area contributed by atoms with Crippen molar-refractivity contribution in [2.45, 2.75) is 44.0 Å². The van der Waals surface area contributed by atoms with Crippen molar-refractivity contribution in [2.24, 2.45) is 0 Å². The first-order valence-corrected chi connectivity index (χ1v) is 13.3. The van der Waals surface area contributed by atoms with E-state index in [1.165, 1.54) is 11.3 Å². The Kier molecular flexibility index (Phi) is 6.80. The zero-order valence-electron chi connectivity index (χ0n) is 18.3. The van der Waals surface area contributed by atoms with Gasteiger partial charge in [-0.2, -0.15) is 4.31 Å². The van der Waals surface area contributed by atoms with E-state index in [4.69, 9.17) is 0 Å². The lowest BCUT2D eigenvalue weighted by Crippen LogP contribution is -2.37. The van der Waals surface area contributed by atoms with Gasteiger partial charge >= 0.3 is 0 Å². The Morgan fingerprint density at radius 1 is 1.06 bits per heavy atom. The first-order valence-electron chi connectivity index (χ1n) is 10.9. The summed E-state index contributed by atoms with van der Waals surface area (Å²) < 4.78 is 30.2. The van der Waals surface area contributed by atoms with Crippen molar-refractivity contribution in [3.05, 3.63) is 23.3 Å². The summed E-state index contributed by atoms with van der Waals surface area (Å²) in [5, 5.41) is 2.68. The third kappa shape index (κ3) is 5.02. The molecule has 0 saturated carbocycles. The summed E-state index contributed by atoms with van der Waals surface area (Å²) in [5.74, 6) is 0.0326. The minimum absolute atomic E-state index is 0.0326. The molecule has 0 N–H and O–H groups in total. The second-order valence-electron chi connectivity index (χ2n) is 8.49. The first-order chi connectivity index (χ1) is 14.8. The van der Waals surface area contributed by atoms with Gasteiger partial charge in [0.05, 0.1) is 5.69 Å². The van der Waals surface area contributed by atoms with Gasteiger partial charge in [-0.3, -0.25) is 4.79 Å². The summed E-state index contributed by atoms with van der Waals surface area (Å²) in [6.45, 7) is 6.19. The van der Waals surface area contributed by atoms with E-state index in [2.05, 4.69) is 9.88 Å². The van der Waals surface area contributed by atoms with E-state index in [9.17, 15) is 13.2 Å². The van der Waals surface area contributed by atoms with Crippen molar-refractivity contribution in [1.82, 2.24) is 23.7 Å². The fourth-order valence-corrected chi connectivity index (χ4v) is 6.55. The predicted octanol–water partition coefficient (Wildman–Crippen LogP) is 2.26. The molecule has 31 heavy (non-hydrogen) atoms. The SMILES string of the molecule is Cc1csc(-c2cc(S(=O)(=O)N3CCCN(C)CC3)cn2CC(=O)N2CCCCC2)n1. The van der Waals surface area contributed by atoms with E-state index >= 15 is 0 Å². The number of rotatable bonds is 5. The fraction of sp³-hybridized carbons (Fsp3) is 0.619. The van der Waals surface area contributed by atoms with E-state index < -0.39 is 10.0 Å². The average Bonchev–Trinajstić information content (AvgIpc) is 3.30. The smallest absolute Gasteiger partial charge is 0.244 e. The molecule has 0 atom stereocenters. The molecule has 0 bridgehead atoms. The molecule has 2 aromatic rings. The summed E-state index contributed by atoms with van der Waals surface area (Å²) in [6.07, 6.45) is 5.64. The summed E-state index contributed by atoms with van der Waals surface area (Å²) in [4.78, 5) is 21.8. The maximum Gasteiger partial charge on any atom is 0.244 e. The molecule has 2 aromatic heterocycles. The highest BCUT2D eigenvalue weighted by atomic mass is 32.2. The van der Waals surface area contributed by atoms with Gasteiger partial charge in [-0.1, -0.05) is 0 Å². The molecule has 170 valence electrons. The van der Waals surface area contributed by atoms with Gasteiger partial charge in [-0.15, -0.1) is 11.3 Å². The van der Waals surface area contributed by atoms with Gasteiger partial charge in [-0.05, 0) is 52.3 Å². The van der Waals surface area contributed by atoms with Crippen LogP contribution in [0, 0.1) is 6.92 Å². The number of hydrogen-bond donors (Lipinski definition) is 0. The molecule has 2 aliphatic rings. The third-order valence-electron chi connectivity index (χ3n) is 6.04. The van der Waals surface area contributed by atoms with E-state index in [1.54, 1.807) is 21.1 Å². The molecule has 0 spiro atoms. The number of aryl methyl sites for hydroxylation is 1. The zero-order chi connectivity index (χ0) is 22.0. The minimum atomic E-state index is -3.63. The number of likely N-dealkylation sites (tertiary alicyclic amines) is 1. The molecule has 0 aromatic carbocycles. The Hall–Kier alpha value is -1.75. The fourth-order valence-electron chi connectivity index (χ4n) is 4.21. The van der Waals surface area contributed by atoms with Crippen molar-refractivity contribution < 1.29 is 13.2 Å². The molecule has 8 nitrogen and oxygen atoms in total. The van der Waals surface area contributed by atoms with Gasteiger partial charge in [0.25, 0.3) is 0 Å². The van der Waals surface area contributed by atoms with Crippen molar-refractivity contribution in [1.29, 1.82) is 0 Å². The molecule has 0 unspecified atom stereocenters. The molecule has 4 heterocycles. The summed E-state index contributed by atoms with van der Waals surface area (Å²) in [7, 11) is -1.62. The lowest BCUT2D eigenvalue weighted by molar-refractivity contribution is -0.132. The number of sulfonamides is 1. The quantitative estimate of drug-likeness (QED) is 0.677. The Labute approximate surface area is 188 Å². The number of amides is 1. The van der Waals surface area contributed by atoms with Crippen molar-refractivity contribution in [3.8, 4) is 10.7 Å². The van der Waals surface area contributed by atoms with E-state index in [0.717, 1.165) is 56.0 Å². The van der Waals surface area contributed by atoms with Crippen LogP contribution in [0.3, 0.4) is 0 Å². The Bertz CT molecular complexity index is 1020. The molecule has 1 amide bonds. The van der Waals surface area contributed by atoms with Crippen LogP contribution in [-0.2, 0) is 21.4 Å². The number of thiazole rings is 1. The topological polar surface area (TPSA) is 78.8 Å². The highest BCUT2D eigenvalue weighted by Gasteiger charge is 2.29. The van der Waals surface area contributed by atoms with Gasteiger partial charge in [0.15, 0.2) is 0 Å². The molecule has 0 aliphatic carbocycles. The van der Waals surface area contributed by atoms with Crippen molar-refractivity contribution >= 4 is 27.3 Å². The Balaban J connectivity index is 1.65. The Morgan fingerprint density at radius 2 is 1.84 bits per heavy atom. The van der Waals surface area contributed by atoms with Gasteiger partial charge in [-0.25, -0.2) is 13.4 Å². The maximum absolute atomic E-state index is 13.4. The lowest BCUT2D eigenvalue weighted by atomic mass is 10.1. The number of piperidine rings is 1. The van der Waals surface area contributed by atoms with Gasteiger partial charge in [0.1, 0.15) is 16.4 Å². The summed E-state index contributed by atoms with van der Waals surface area (Å²) in [5.41, 5.74) is 1.57. The molecular weight excluding hydrogens is 434 g/mol. The summed E-state index contributed by atoms with van der Waals surface area (Å²) in [6, 6.07) is 1.69. The standard InChI is InChI=1S/C21H31N5O3S2/c1-17-16-30-21(22-17)19-13-18(31(28,29)26-10-6-7-23(2)11-12-26)14-25(19)15-20(27)24-8-4-3-5-9-24/h13-14,16H,3-12,15H2,1-2H3. The van der Waals surface area contributed by atoms with Crippen LogP contribution in [0.2, 0.25) is 0 Å². The summed E-state index contributed by atoms with van der Waals surface area (Å²) >= 11 is 1.47. The Morgan fingerprint density at radius 3 is 2.55 bits per heavy atom. The number of nitrogens with zero attached hydrogens (tertiary/aromatic N) is 5. The average molecular weight is 466 g/mol. The number of likely N-dealkylation sites (N-methyl/N-ethyl adjacent to an activating group) is 1. The highest BCUT2D eigenvalue weighted by Crippen LogP contribution is 2.30. The zero-order valence-corrected chi connectivity index (χ0v) is 19.9. The second-order valence-corrected chi connectivity index (χ2v) is 11.3. The van der Waals surface area contributed by atoms with Crippen LogP contribution in [0.25, 0.3) is 10.7 Å². The number of hydrogen-bond acceptors (Lipinski definition) is 6. The largest absolute Gasteiger partial charge is 0.341 e. The third-order valence-corrected chi connectivity index (χ3v) is 8.89. The van der Waals surface area contributed by atoms with Crippen LogP contribution in [0.15, 0.2) is 22.5 Å². The van der Waals surface area contributed by atoms with Gasteiger partial charge < -0.3 is 14.4 Å². The second kappa shape index (κ2) is 9.40. The van der Waals surface area contributed by atoms with Crippen LogP contribution >= 0.6 is 11.3 Å². The normalized spacial score (nSPS) is 19.5. The van der Waals surface area contributed by atoms with Crippen LogP contribution < -0.4 is 0 Å². The van der Waals surface area contributed by atoms with E-state index in [1.807, 2.05) is 24.3 Å². The van der Waals surface area contributed by atoms with E-state index in [0.29, 0.717) is 25.3 Å². The molecule has 2 saturated heterocycles. The molecule has 10 heteroatoms. The molecular formula is C21H31N5O3S2. The molecule has 0 radical (unpaired) electrons. The maximum atomic E-state index is 13.4. The molecule has 2 aliphatic heterocycles. The van der Waals surface area contributed by atoms with Crippen molar-refractivity contribution in [3.63, 3.8) is 0 Å². The van der Waals surface area contributed by atoms with Gasteiger partial charge in [0, 0.05) is 50.0 Å². The molecule has 2 fully saturated rings. The number of aromatic nitrogens is 2. The minimum Gasteiger partial charge on any atom is -0.341 e. The van der Waals surface area contributed by atoms with Crippen LogP contribution in [0.1, 0.15) is 31.4 Å². The number of carbonyl (C=O) groups is 1. The van der Waals surface area contributed by atoms with Crippen molar-refractivity contribution in [2.75, 3.05) is 46.3 Å². The van der Waals surface area contributed by atoms with Crippen LogP contribution in [0.4, 0.5) is 0 Å². The van der Waals surface area contributed by atoms with Crippen LogP contribution in [0.5, 0.6) is 0 Å². The monoisotopic (exact) mass is 465 g/mol. The lowest BCUT2D eigenvalue weighted by Gasteiger charge is -2.27. The highest BCUT2D eigenvalue weighted by molar-refractivity contribution is 7.89. The predicted molar refractivity (Wildman–Crippen MR) is 122 cm³/mol. The van der Waals surface area contributed by atoms with Crippen LogP contribution in [-0.4, -0.2) is 84.3 Å².